The summed E-state index contributed by atoms with van der Waals surface area (Å²) in [6.07, 6.45) is 6.88. The van der Waals surface area contributed by atoms with E-state index in [-0.39, 0.29) is 17.9 Å². The number of likely N-dealkylation sites (N-methyl/N-ethyl adjacent to an activating group) is 1. The molecule has 212 valence electrons. The highest BCUT2D eigenvalue weighted by molar-refractivity contribution is 5.87. The summed E-state index contributed by atoms with van der Waals surface area (Å²) in [5.41, 5.74) is 4.12. The van der Waals surface area contributed by atoms with E-state index in [1.165, 1.54) is 0 Å². The summed E-state index contributed by atoms with van der Waals surface area (Å²) < 4.78 is 11.3. The lowest BCUT2D eigenvalue weighted by molar-refractivity contribution is -0.822. The molecule has 0 bridgehead atoms. The molecule has 3 aromatic rings. The largest absolute Gasteiger partial charge is 0.497 e. The number of quaternary nitrogens is 1. The Hall–Kier alpha value is -4.24. The standard InChI is InChI=1S/C32H35N5O4/c1-5-37-31(39)36-20-23-16-25(40-3)17-26(41-4)28(23)21(2)15-27(36)32(37)11-13-35(14-12-32)30(38)24-18-33-29(34-19-24)22-9-7-6-8-10-22/h6-10,15-19,21H,5,11-14,20H2,1-4H3/p+1/t21-/m0/s1. The molecule has 1 spiro atoms. The average molecular weight is 555 g/mol. The molecule has 2 aromatic carbocycles. The predicted molar refractivity (Wildman–Crippen MR) is 154 cm³/mol. The summed E-state index contributed by atoms with van der Waals surface area (Å²) in [4.78, 5) is 41.1. The van der Waals surface area contributed by atoms with Crippen LogP contribution in [0.3, 0.4) is 0 Å². The fraction of sp³-hybridized carbons (Fsp3) is 0.375. The first kappa shape index (κ1) is 27.0. The molecule has 4 heterocycles. The molecule has 1 atom stereocenters. The van der Waals surface area contributed by atoms with Gasteiger partial charge in [0.25, 0.3) is 0 Å². The number of urea groups is 1. The SMILES string of the molecule is CCN1C(=O)N2Cc3cc(OC)cc(OC)c3[C@@H](C)C=C2C12CC[NH+](C(=O)c1cnc(-c3ccccc3)nc1)CC2. The Labute approximate surface area is 240 Å². The zero-order valence-corrected chi connectivity index (χ0v) is 24.0. The second kappa shape index (κ2) is 10.6. The Balaban J connectivity index is 1.26. The molecule has 6 rings (SSSR count). The summed E-state index contributed by atoms with van der Waals surface area (Å²) in [5.74, 6) is 2.11. The number of carbonyl (C=O) groups is 2. The monoisotopic (exact) mass is 554 g/mol. The average Bonchev–Trinajstić information content (AvgIpc) is 3.11. The second-order valence-corrected chi connectivity index (χ2v) is 11.0. The van der Waals surface area contributed by atoms with Crippen molar-refractivity contribution in [1.82, 2.24) is 19.8 Å². The van der Waals surface area contributed by atoms with Gasteiger partial charge in [-0.05, 0) is 18.6 Å². The molecule has 1 N–H and O–H groups in total. The van der Waals surface area contributed by atoms with Gasteiger partial charge in [0.2, 0.25) is 0 Å². The smallest absolute Gasteiger partial charge is 0.347 e. The van der Waals surface area contributed by atoms with Gasteiger partial charge in [-0.1, -0.05) is 43.3 Å². The van der Waals surface area contributed by atoms with Crippen LogP contribution in [0.2, 0.25) is 0 Å². The number of hydrogen-bond acceptors (Lipinski definition) is 6. The predicted octanol–water partition coefficient (Wildman–Crippen LogP) is 3.68. The van der Waals surface area contributed by atoms with E-state index in [4.69, 9.17) is 9.47 Å². The number of nitrogens with one attached hydrogen (secondary N) is 1. The number of benzene rings is 2. The van der Waals surface area contributed by atoms with Crippen LogP contribution in [-0.2, 0) is 6.54 Å². The Morgan fingerprint density at radius 3 is 2.41 bits per heavy atom. The number of amides is 3. The first-order valence-electron chi connectivity index (χ1n) is 14.2. The number of fused-ring (bicyclic) bond motifs is 3. The van der Waals surface area contributed by atoms with Gasteiger partial charge in [0.15, 0.2) is 5.82 Å². The number of hydrogen-bond donors (Lipinski definition) is 1. The number of piperidine rings is 1. The van der Waals surface area contributed by atoms with E-state index in [1.54, 1.807) is 26.6 Å². The highest BCUT2D eigenvalue weighted by Crippen LogP contribution is 2.48. The van der Waals surface area contributed by atoms with Gasteiger partial charge in [-0.2, -0.15) is 0 Å². The van der Waals surface area contributed by atoms with Gasteiger partial charge in [0, 0.05) is 60.6 Å². The van der Waals surface area contributed by atoms with E-state index >= 15 is 0 Å². The molecule has 0 unspecified atom stereocenters. The van der Waals surface area contributed by atoms with Gasteiger partial charge in [-0.15, -0.1) is 0 Å². The molecule has 41 heavy (non-hydrogen) atoms. The highest BCUT2D eigenvalue weighted by Gasteiger charge is 2.56. The maximum atomic E-state index is 13.9. The molecule has 0 radical (unpaired) electrons. The van der Waals surface area contributed by atoms with Gasteiger partial charge in [0.1, 0.15) is 17.1 Å². The highest BCUT2D eigenvalue weighted by atomic mass is 16.5. The molecule has 3 amide bonds. The molecule has 9 nitrogen and oxygen atoms in total. The third-order valence-electron chi connectivity index (χ3n) is 8.86. The fourth-order valence-corrected chi connectivity index (χ4v) is 6.84. The van der Waals surface area contributed by atoms with Crippen molar-refractivity contribution < 1.29 is 24.0 Å². The third-order valence-corrected chi connectivity index (χ3v) is 8.86. The zero-order valence-electron chi connectivity index (χ0n) is 24.0. The number of carbonyl (C=O) groups excluding carboxylic acids is 2. The van der Waals surface area contributed by atoms with Gasteiger partial charge in [0.05, 0.1) is 39.4 Å². The summed E-state index contributed by atoms with van der Waals surface area (Å²) in [5, 5.41) is 0. The van der Waals surface area contributed by atoms with Crippen molar-refractivity contribution in [3.8, 4) is 22.9 Å². The van der Waals surface area contributed by atoms with Crippen LogP contribution in [0.1, 0.15) is 54.1 Å². The van der Waals surface area contributed by atoms with Crippen LogP contribution in [0.5, 0.6) is 11.5 Å². The summed E-state index contributed by atoms with van der Waals surface area (Å²) >= 11 is 0. The minimum atomic E-state index is -0.448. The number of aromatic nitrogens is 2. The number of rotatable bonds is 5. The van der Waals surface area contributed by atoms with Crippen molar-refractivity contribution in [3.05, 3.63) is 83.3 Å². The molecule has 0 saturated carbocycles. The Morgan fingerprint density at radius 2 is 1.78 bits per heavy atom. The molecule has 3 aliphatic rings. The van der Waals surface area contributed by atoms with E-state index in [0.29, 0.717) is 56.2 Å². The molecular weight excluding hydrogens is 518 g/mol. The number of likely N-dealkylation sites (tertiary alicyclic amines) is 1. The van der Waals surface area contributed by atoms with Crippen molar-refractivity contribution >= 4 is 11.9 Å². The fourth-order valence-electron chi connectivity index (χ4n) is 6.84. The quantitative estimate of drug-likeness (QED) is 0.518. The van der Waals surface area contributed by atoms with E-state index < -0.39 is 5.54 Å². The first-order valence-corrected chi connectivity index (χ1v) is 14.2. The molecule has 3 aliphatic heterocycles. The van der Waals surface area contributed by atoms with E-state index in [9.17, 15) is 9.59 Å². The van der Waals surface area contributed by atoms with Gasteiger partial charge >= 0.3 is 11.9 Å². The maximum Gasteiger partial charge on any atom is 0.347 e. The normalized spacial score (nSPS) is 23.5. The lowest BCUT2D eigenvalue weighted by atomic mass is 9.82. The first-order chi connectivity index (χ1) is 19.9. The van der Waals surface area contributed by atoms with E-state index in [2.05, 4.69) is 23.0 Å². The molecule has 1 aromatic heterocycles. The topological polar surface area (TPSA) is 89.3 Å². The van der Waals surface area contributed by atoms with Gasteiger partial charge < -0.3 is 14.4 Å². The molecule has 2 fully saturated rings. The van der Waals surface area contributed by atoms with Crippen molar-refractivity contribution in [2.75, 3.05) is 33.9 Å². The van der Waals surface area contributed by atoms with Crippen LogP contribution in [0.4, 0.5) is 4.79 Å². The van der Waals surface area contributed by atoms with Crippen LogP contribution in [0, 0.1) is 0 Å². The van der Waals surface area contributed by atoms with E-state index in [1.807, 2.05) is 59.2 Å². The van der Waals surface area contributed by atoms with Crippen LogP contribution in [-0.4, -0.2) is 71.1 Å². The minimum absolute atomic E-state index is 0.00357. The Kier molecular flexibility index (Phi) is 6.99. The lowest BCUT2D eigenvalue weighted by Gasteiger charge is -2.41. The zero-order chi connectivity index (χ0) is 28.7. The van der Waals surface area contributed by atoms with Crippen molar-refractivity contribution in [2.24, 2.45) is 0 Å². The number of nitrogens with zero attached hydrogens (tertiary/aromatic N) is 4. The Bertz CT molecular complexity index is 1500. The number of ether oxygens (including phenoxy) is 2. The summed E-state index contributed by atoms with van der Waals surface area (Å²) in [7, 11) is 3.31. The minimum Gasteiger partial charge on any atom is -0.497 e. The number of allylic oxidation sites excluding steroid dienone is 1. The molecule has 9 heteroatoms. The maximum absolute atomic E-state index is 13.9. The third kappa shape index (κ3) is 4.44. The van der Waals surface area contributed by atoms with Crippen molar-refractivity contribution in [3.63, 3.8) is 0 Å². The Morgan fingerprint density at radius 1 is 1.07 bits per heavy atom. The van der Waals surface area contributed by atoms with Gasteiger partial charge in [-0.25, -0.2) is 19.6 Å². The summed E-state index contributed by atoms with van der Waals surface area (Å²) in [6.45, 7) is 6.48. The van der Waals surface area contributed by atoms with Crippen molar-refractivity contribution in [1.29, 1.82) is 0 Å². The van der Waals surface area contributed by atoms with Crippen LogP contribution in [0.15, 0.2) is 66.6 Å². The van der Waals surface area contributed by atoms with Crippen LogP contribution < -0.4 is 14.4 Å². The van der Waals surface area contributed by atoms with Crippen LogP contribution >= 0.6 is 0 Å². The number of methoxy groups -OCH3 is 2. The van der Waals surface area contributed by atoms with Gasteiger partial charge in [-0.3, -0.25) is 9.80 Å². The summed E-state index contributed by atoms with van der Waals surface area (Å²) in [6, 6.07) is 13.7. The second-order valence-electron chi connectivity index (χ2n) is 11.0. The molecule has 2 saturated heterocycles. The molecule has 0 aliphatic carbocycles. The van der Waals surface area contributed by atoms with Crippen molar-refractivity contribution in [2.45, 2.75) is 44.7 Å². The lowest BCUT2D eigenvalue weighted by Crippen LogP contribution is -3.16. The molecular formula is C32H36N5O4+. The van der Waals surface area contributed by atoms with Crippen LogP contribution in [0.25, 0.3) is 11.4 Å². The van der Waals surface area contributed by atoms with E-state index in [0.717, 1.165) is 33.0 Å².